The van der Waals surface area contributed by atoms with Gasteiger partial charge in [0.25, 0.3) is 0 Å². The van der Waals surface area contributed by atoms with Crippen LogP contribution in [0.4, 0.5) is 13.2 Å². The first kappa shape index (κ1) is 20.4. The fourth-order valence-corrected chi connectivity index (χ4v) is 2.98. The summed E-state index contributed by atoms with van der Waals surface area (Å²) in [6.45, 7) is 2.95. The molecule has 1 N–H and O–H groups in total. The van der Waals surface area contributed by atoms with Crippen molar-refractivity contribution in [2.45, 2.75) is 25.1 Å². The number of hydrogen-bond donors (Lipinski definition) is 1. The van der Waals surface area contributed by atoms with E-state index < -0.39 is 12.6 Å². The van der Waals surface area contributed by atoms with Crippen LogP contribution in [0.3, 0.4) is 0 Å². The molecule has 3 nitrogen and oxygen atoms in total. The van der Waals surface area contributed by atoms with Crippen LogP contribution in [0.25, 0.3) is 0 Å². The van der Waals surface area contributed by atoms with Crippen molar-refractivity contribution < 1.29 is 17.9 Å². The lowest BCUT2D eigenvalue weighted by Crippen LogP contribution is -2.45. The van der Waals surface area contributed by atoms with Gasteiger partial charge in [-0.05, 0) is 24.6 Å². The Morgan fingerprint density at radius 3 is 2.52 bits per heavy atom. The van der Waals surface area contributed by atoms with Crippen LogP contribution in [0.2, 0.25) is 5.02 Å². The normalized spacial score (nSPS) is 17.4. The summed E-state index contributed by atoms with van der Waals surface area (Å²) >= 11 is 6.04. The number of nitrogens with one attached hydrogen (secondary N) is 1. The second kappa shape index (κ2) is 8.97. The van der Waals surface area contributed by atoms with E-state index in [9.17, 15) is 13.2 Å². The molecule has 0 bridgehead atoms. The molecule has 0 aliphatic carbocycles. The average molecular weight is 373 g/mol. The molecule has 0 aromatic heterocycles. The predicted molar refractivity (Wildman–Crippen MR) is 87.7 cm³/mol. The van der Waals surface area contributed by atoms with Gasteiger partial charge in [0.2, 0.25) is 0 Å². The summed E-state index contributed by atoms with van der Waals surface area (Å²) in [5.74, 6) is 0.579. The molecule has 1 aromatic carbocycles. The van der Waals surface area contributed by atoms with E-state index in [0.29, 0.717) is 23.9 Å². The Kier molecular flexibility index (Phi) is 7.94. The van der Waals surface area contributed by atoms with Crippen molar-refractivity contribution in [1.82, 2.24) is 10.2 Å². The quantitative estimate of drug-likeness (QED) is 0.843. The molecule has 1 atom stereocenters. The standard InChI is InChI=1S/C15H20ClF3N2O.ClH/c1-22-14-3-2-11(16)10-12(14)13(4-5-15(17,18)19)21-8-6-20-7-9-21;/h2-3,10,13,20H,4-9H2,1H3;1H/t13-;/m0./s1. The van der Waals surface area contributed by atoms with Crippen LogP contribution < -0.4 is 10.1 Å². The molecule has 23 heavy (non-hydrogen) atoms. The lowest BCUT2D eigenvalue weighted by molar-refractivity contribution is -0.138. The number of nitrogens with zero attached hydrogens (tertiary/aromatic N) is 1. The third kappa shape index (κ3) is 6.03. The topological polar surface area (TPSA) is 24.5 Å². The molecule has 1 heterocycles. The number of halogens is 5. The molecule has 0 amide bonds. The van der Waals surface area contributed by atoms with Crippen LogP contribution in [0.5, 0.6) is 5.75 Å². The number of rotatable bonds is 5. The average Bonchev–Trinajstić information content (AvgIpc) is 2.48. The number of benzene rings is 1. The molecule has 0 spiro atoms. The van der Waals surface area contributed by atoms with Gasteiger partial charge < -0.3 is 10.1 Å². The molecule has 0 unspecified atom stereocenters. The molecule has 1 aliphatic heterocycles. The zero-order valence-corrected chi connectivity index (χ0v) is 14.4. The van der Waals surface area contributed by atoms with Crippen LogP contribution in [-0.2, 0) is 0 Å². The molecule has 1 aromatic rings. The monoisotopic (exact) mass is 372 g/mol. The minimum Gasteiger partial charge on any atom is -0.496 e. The fourth-order valence-electron chi connectivity index (χ4n) is 2.79. The fraction of sp³-hybridized carbons (Fsp3) is 0.600. The summed E-state index contributed by atoms with van der Waals surface area (Å²) in [5.41, 5.74) is 0.723. The van der Waals surface area contributed by atoms with E-state index in [2.05, 4.69) is 10.2 Å². The molecule has 1 fully saturated rings. The molecule has 1 aliphatic rings. The Morgan fingerprint density at radius 1 is 1.30 bits per heavy atom. The molecule has 0 saturated carbocycles. The van der Waals surface area contributed by atoms with Gasteiger partial charge in [-0.25, -0.2) is 0 Å². The van der Waals surface area contributed by atoms with E-state index in [4.69, 9.17) is 16.3 Å². The third-order valence-corrected chi connectivity index (χ3v) is 4.08. The van der Waals surface area contributed by atoms with Gasteiger partial charge in [-0.2, -0.15) is 13.2 Å². The zero-order chi connectivity index (χ0) is 16.2. The first-order valence-corrected chi connectivity index (χ1v) is 7.63. The number of ether oxygens (including phenoxy) is 1. The number of piperazine rings is 1. The Hall–Kier alpha value is -0.690. The lowest BCUT2D eigenvalue weighted by Gasteiger charge is -2.36. The Labute approximate surface area is 145 Å². The Balaban J connectivity index is 0.00000264. The minimum atomic E-state index is -4.17. The summed E-state index contributed by atoms with van der Waals surface area (Å²) in [4.78, 5) is 2.07. The van der Waals surface area contributed by atoms with Gasteiger partial charge in [0.1, 0.15) is 5.75 Å². The molecule has 8 heteroatoms. The first-order valence-electron chi connectivity index (χ1n) is 7.25. The smallest absolute Gasteiger partial charge is 0.389 e. The highest BCUT2D eigenvalue weighted by Crippen LogP contribution is 2.37. The SMILES string of the molecule is COc1ccc(Cl)cc1[C@H](CCC(F)(F)F)N1CCNCC1.Cl. The van der Waals surface area contributed by atoms with Crippen LogP contribution in [0.15, 0.2) is 18.2 Å². The summed E-state index contributed by atoms with van der Waals surface area (Å²) < 4.78 is 43.3. The van der Waals surface area contributed by atoms with Crippen molar-refractivity contribution in [2.75, 3.05) is 33.3 Å². The number of hydrogen-bond acceptors (Lipinski definition) is 3. The van der Waals surface area contributed by atoms with Crippen LogP contribution in [0, 0.1) is 0 Å². The summed E-state index contributed by atoms with van der Waals surface area (Å²) in [6.07, 6.45) is -4.99. The van der Waals surface area contributed by atoms with E-state index >= 15 is 0 Å². The van der Waals surface area contributed by atoms with Gasteiger partial charge >= 0.3 is 6.18 Å². The molecule has 1 saturated heterocycles. The molecule has 132 valence electrons. The lowest BCUT2D eigenvalue weighted by atomic mass is 9.98. The maximum Gasteiger partial charge on any atom is 0.389 e. The van der Waals surface area contributed by atoms with E-state index in [0.717, 1.165) is 18.7 Å². The second-order valence-corrected chi connectivity index (χ2v) is 5.78. The maximum absolute atomic E-state index is 12.7. The van der Waals surface area contributed by atoms with Crippen molar-refractivity contribution in [2.24, 2.45) is 0 Å². The van der Waals surface area contributed by atoms with Gasteiger partial charge in [-0.3, -0.25) is 4.90 Å². The molecular formula is C15H21Cl2F3N2O. The highest BCUT2D eigenvalue weighted by molar-refractivity contribution is 6.30. The maximum atomic E-state index is 12.7. The van der Waals surface area contributed by atoms with E-state index in [-0.39, 0.29) is 24.9 Å². The zero-order valence-electron chi connectivity index (χ0n) is 12.8. The highest BCUT2D eigenvalue weighted by atomic mass is 35.5. The van der Waals surface area contributed by atoms with E-state index in [1.807, 2.05) is 0 Å². The van der Waals surface area contributed by atoms with Gasteiger partial charge in [-0.1, -0.05) is 11.6 Å². The van der Waals surface area contributed by atoms with Gasteiger partial charge in [0.05, 0.1) is 7.11 Å². The van der Waals surface area contributed by atoms with Gasteiger partial charge in [0, 0.05) is 49.2 Å². The first-order chi connectivity index (χ1) is 10.4. The van der Waals surface area contributed by atoms with Gasteiger partial charge in [0.15, 0.2) is 0 Å². The van der Waals surface area contributed by atoms with Crippen molar-refractivity contribution in [1.29, 1.82) is 0 Å². The number of alkyl halides is 3. The van der Waals surface area contributed by atoms with Crippen molar-refractivity contribution in [3.8, 4) is 5.75 Å². The summed E-state index contributed by atoms with van der Waals surface area (Å²) in [7, 11) is 1.52. The largest absolute Gasteiger partial charge is 0.496 e. The highest BCUT2D eigenvalue weighted by Gasteiger charge is 2.32. The Bertz CT molecular complexity index is 494. The van der Waals surface area contributed by atoms with E-state index in [1.165, 1.54) is 7.11 Å². The van der Waals surface area contributed by atoms with Crippen molar-refractivity contribution >= 4 is 24.0 Å². The second-order valence-electron chi connectivity index (χ2n) is 5.34. The van der Waals surface area contributed by atoms with Crippen molar-refractivity contribution in [3.05, 3.63) is 28.8 Å². The molecule has 0 radical (unpaired) electrons. The van der Waals surface area contributed by atoms with Crippen LogP contribution in [0.1, 0.15) is 24.4 Å². The van der Waals surface area contributed by atoms with Crippen LogP contribution in [-0.4, -0.2) is 44.4 Å². The summed E-state index contributed by atoms with van der Waals surface area (Å²) in [5, 5.41) is 3.71. The number of methoxy groups -OCH3 is 1. The minimum absolute atomic E-state index is 0. The molecule has 2 rings (SSSR count). The van der Waals surface area contributed by atoms with Crippen LogP contribution >= 0.6 is 24.0 Å². The van der Waals surface area contributed by atoms with E-state index in [1.54, 1.807) is 18.2 Å². The van der Waals surface area contributed by atoms with Crippen molar-refractivity contribution in [3.63, 3.8) is 0 Å². The third-order valence-electron chi connectivity index (χ3n) is 3.84. The predicted octanol–water partition coefficient (Wildman–Crippen LogP) is 4.06. The Morgan fingerprint density at radius 2 is 1.96 bits per heavy atom. The van der Waals surface area contributed by atoms with Gasteiger partial charge in [-0.15, -0.1) is 12.4 Å². The summed E-state index contributed by atoms with van der Waals surface area (Å²) in [6, 6.07) is 4.75. The molecular weight excluding hydrogens is 352 g/mol.